The quantitative estimate of drug-likeness (QED) is 0.779. The van der Waals surface area contributed by atoms with E-state index in [2.05, 4.69) is 4.98 Å². The summed E-state index contributed by atoms with van der Waals surface area (Å²) in [6.07, 6.45) is -0.584. The van der Waals surface area contributed by atoms with E-state index in [0.29, 0.717) is 5.69 Å². The molecule has 0 aliphatic heterocycles. The molecule has 0 saturated carbocycles. The van der Waals surface area contributed by atoms with Crippen molar-refractivity contribution in [3.63, 3.8) is 0 Å². The zero-order valence-corrected chi connectivity index (χ0v) is 7.59. The van der Waals surface area contributed by atoms with Gasteiger partial charge in [0, 0.05) is 6.17 Å². The number of aliphatic hydroxyl groups excluding tert-OH is 1. The first-order chi connectivity index (χ1) is 7.27. The van der Waals surface area contributed by atoms with E-state index in [1.807, 2.05) is 30.3 Å². The Balaban J connectivity index is 2.32. The van der Waals surface area contributed by atoms with E-state index < -0.39 is 6.10 Å². The first kappa shape index (κ1) is 7.71. The molecule has 2 rings (SSSR count). The van der Waals surface area contributed by atoms with Crippen molar-refractivity contribution < 1.29 is 6.48 Å². The zero-order chi connectivity index (χ0) is 10.7. The SMILES string of the molecule is [2H]c1cccc(C(O)c2ccccc2)n1. The second-order valence-corrected chi connectivity index (χ2v) is 3.00. The van der Waals surface area contributed by atoms with Crippen LogP contribution in [-0.4, -0.2) is 10.1 Å². The van der Waals surface area contributed by atoms with Crippen LogP contribution in [0.3, 0.4) is 0 Å². The summed E-state index contributed by atoms with van der Waals surface area (Å²) in [5.74, 6) is 0. The standard InChI is InChI=1S/C12H11NO/c14-12(10-6-2-1-3-7-10)11-8-4-5-9-13-11/h1-9,12,14H/i9D. The van der Waals surface area contributed by atoms with Crippen molar-refractivity contribution in [2.45, 2.75) is 6.10 Å². The third-order valence-electron chi connectivity index (χ3n) is 2.03. The summed E-state index contributed by atoms with van der Waals surface area (Å²) < 4.78 is 7.37. The van der Waals surface area contributed by atoms with Crippen LogP contribution in [0.4, 0.5) is 0 Å². The highest BCUT2D eigenvalue weighted by Gasteiger charge is 2.09. The predicted molar refractivity (Wildman–Crippen MR) is 54.7 cm³/mol. The van der Waals surface area contributed by atoms with Crippen molar-refractivity contribution in [2.75, 3.05) is 0 Å². The lowest BCUT2D eigenvalue weighted by molar-refractivity contribution is 0.215. The lowest BCUT2D eigenvalue weighted by Crippen LogP contribution is -2.01. The average Bonchev–Trinajstić information content (AvgIpc) is 2.29. The summed E-state index contributed by atoms with van der Waals surface area (Å²) in [5.41, 5.74) is 1.30. The molecule has 0 aliphatic carbocycles. The fourth-order valence-corrected chi connectivity index (χ4v) is 1.30. The second-order valence-electron chi connectivity index (χ2n) is 3.00. The van der Waals surface area contributed by atoms with Crippen molar-refractivity contribution in [1.82, 2.24) is 4.98 Å². The number of hydrogen-bond donors (Lipinski definition) is 1. The third-order valence-corrected chi connectivity index (χ3v) is 2.03. The molecular formula is C12H11NO. The molecule has 70 valence electrons. The molecule has 1 heterocycles. The Kier molecular flexibility index (Phi) is 2.22. The highest BCUT2D eigenvalue weighted by atomic mass is 16.3. The Bertz CT molecular complexity index is 444. The van der Waals surface area contributed by atoms with Gasteiger partial charge in [0.15, 0.2) is 0 Å². The van der Waals surface area contributed by atoms with Gasteiger partial charge in [-0.05, 0) is 17.7 Å². The molecule has 1 N–H and O–H groups in total. The van der Waals surface area contributed by atoms with Crippen molar-refractivity contribution in [3.05, 3.63) is 66.0 Å². The highest BCUT2D eigenvalue weighted by Crippen LogP contribution is 2.18. The number of hydrogen-bond acceptors (Lipinski definition) is 2. The van der Waals surface area contributed by atoms with E-state index in [4.69, 9.17) is 1.37 Å². The Morgan fingerprint density at radius 1 is 1.07 bits per heavy atom. The average molecular weight is 186 g/mol. The van der Waals surface area contributed by atoms with Crippen LogP contribution in [0, 0.1) is 0 Å². The van der Waals surface area contributed by atoms with Crippen molar-refractivity contribution >= 4 is 0 Å². The molecule has 0 bridgehead atoms. The summed E-state index contributed by atoms with van der Waals surface area (Å²) in [5, 5.41) is 9.97. The van der Waals surface area contributed by atoms with Crippen LogP contribution in [0.2, 0.25) is 0 Å². The minimum absolute atomic E-state index is 0.169. The van der Waals surface area contributed by atoms with Crippen LogP contribution in [0.15, 0.2) is 54.7 Å². The van der Waals surface area contributed by atoms with E-state index in [-0.39, 0.29) is 6.17 Å². The molecule has 1 unspecified atom stereocenters. The summed E-state index contributed by atoms with van der Waals surface area (Å²) >= 11 is 0. The van der Waals surface area contributed by atoms with Gasteiger partial charge in [0.2, 0.25) is 0 Å². The normalized spacial score (nSPS) is 13.4. The molecule has 1 aromatic heterocycles. The summed E-state index contributed by atoms with van der Waals surface area (Å²) in [7, 11) is 0. The van der Waals surface area contributed by atoms with Gasteiger partial charge < -0.3 is 5.11 Å². The minimum Gasteiger partial charge on any atom is -0.382 e. The van der Waals surface area contributed by atoms with Gasteiger partial charge in [-0.1, -0.05) is 36.4 Å². The summed E-state index contributed by atoms with van der Waals surface area (Å²) in [6, 6.07) is 14.3. The molecule has 14 heavy (non-hydrogen) atoms. The topological polar surface area (TPSA) is 33.1 Å². The van der Waals surface area contributed by atoms with E-state index >= 15 is 0 Å². The number of benzene rings is 1. The van der Waals surface area contributed by atoms with E-state index in [9.17, 15) is 5.11 Å². The lowest BCUT2D eigenvalue weighted by Gasteiger charge is -2.09. The molecule has 2 aromatic rings. The molecule has 1 aromatic carbocycles. The van der Waals surface area contributed by atoms with Gasteiger partial charge in [-0.2, -0.15) is 0 Å². The van der Waals surface area contributed by atoms with E-state index in [0.717, 1.165) is 5.56 Å². The van der Waals surface area contributed by atoms with Gasteiger partial charge in [-0.25, -0.2) is 0 Å². The first-order valence-corrected chi connectivity index (χ1v) is 4.44. The van der Waals surface area contributed by atoms with Gasteiger partial charge >= 0.3 is 0 Å². The summed E-state index contributed by atoms with van der Waals surface area (Å²) in [4.78, 5) is 3.97. The van der Waals surface area contributed by atoms with Crippen molar-refractivity contribution in [3.8, 4) is 0 Å². The van der Waals surface area contributed by atoms with Crippen molar-refractivity contribution in [1.29, 1.82) is 0 Å². The largest absolute Gasteiger partial charge is 0.382 e. The zero-order valence-electron chi connectivity index (χ0n) is 8.59. The Morgan fingerprint density at radius 2 is 1.79 bits per heavy atom. The van der Waals surface area contributed by atoms with E-state index in [1.54, 1.807) is 18.2 Å². The maximum Gasteiger partial charge on any atom is 0.121 e. The smallest absolute Gasteiger partial charge is 0.121 e. The lowest BCUT2D eigenvalue weighted by atomic mass is 10.1. The fourth-order valence-electron chi connectivity index (χ4n) is 1.30. The van der Waals surface area contributed by atoms with E-state index in [1.165, 1.54) is 0 Å². The molecule has 0 fully saturated rings. The number of aliphatic hydroxyl groups is 1. The molecule has 0 radical (unpaired) electrons. The minimum atomic E-state index is -0.753. The van der Waals surface area contributed by atoms with Gasteiger partial charge in [-0.15, -0.1) is 0 Å². The second kappa shape index (κ2) is 4.03. The van der Waals surface area contributed by atoms with Crippen LogP contribution in [-0.2, 0) is 0 Å². The molecule has 2 heteroatoms. The van der Waals surface area contributed by atoms with Crippen LogP contribution in [0.25, 0.3) is 0 Å². The van der Waals surface area contributed by atoms with Crippen molar-refractivity contribution in [2.24, 2.45) is 0 Å². The number of aromatic nitrogens is 1. The molecular weight excluding hydrogens is 174 g/mol. The van der Waals surface area contributed by atoms with Gasteiger partial charge in [-0.3, -0.25) is 4.98 Å². The molecule has 2 nitrogen and oxygen atoms in total. The maximum absolute atomic E-state index is 9.97. The molecule has 1 atom stereocenters. The number of nitrogens with zero attached hydrogens (tertiary/aromatic N) is 1. The van der Waals surface area contributed by atoms with Crippen LogP contribution < -0.4 is 0 Å². The molecule has 0 amide bonds. The molecule has 0 saturated heterocycles. The van der Waals surface area contributed by atoms with Gasteiger partial charge in [0.25, 0.3) is 0 Å². The summed E-state index contributed by atoms with van der Waals surface area (Å²) in [6.45, 7) is 0. The van der Waals surface area contributed by atoms with Gasteiger partial charge in [0.05, 0.1) is 7.06 Å². The molecule has 0 spiro atoms. The Hall–Kier alpha value is -1.67. The highest BCUT2D eigenvalue weighted by molar-refractivity contribution is 5.25. The Morgan fingerprint density at radius 3 is 2.50 bits per heavy atom. The predicted octanol–water partition coefficient (Wildman–Crippen LogP) is 2.16. The monoisotopic (exact) mass is 186 g/mol. The number of rotatable bonds is 2. The molecule has 0 aliphatic rings. The fraction of sp³-hybridized carbons (Fsp3) is 0.0833. The Labute approximate surface area is 84.3 Å². The maximum atomic E-state index is 9.97. The van der Waals surface area contributed by atoms with Gasteiger partial charge in [0.1, 0.15) is 6.10 Å². The van der Waals surface area contributed by atoms with Crippen LogP contribution in [0.1, 0.15) is 18.7 Å². The first-order valence-electron chi connectivity index (χ1n) is 4.94. The van der Waals surface area contributed by atoms with Crippen LogP contribution >= 0.6 is 0 Å². The van der Waals surface area contributed by atoms with Crippen LogP contribution in [0.5, 0.6) is 0 Å². The number of pyridine rings is 1. The third kappa shape index (κ3) is 1.80.